The second-order valence-corrected chi connectivity index (χ2v) is 10.1. The molecule has 41 heavy (non-hydrogen) atoms. The van der Waals surface area contributed by atoms with E-state index in [0.29, 0.717) is 52.6 Å². The predicted octanol–water partition coefficient (Wildman–Crippen LogP) is 4.59. The summed E-state index contributed by atoms with van der Waals surface area (Å²) < 4.78 is 6.75. The van der Waals surface area contributed by atoms with Gasteiger partial charge in [0, 0.05) is 17.8 Å². The summed E-state index contributed by atoms with van der Waals surface area (Å²) in [5.41, 5.74) is 11.0. The molecule has 0 saturated heterocycles. The summed E-state index contributed by atoms with van der Waals surface area (Å²) >= 11 is 0. The zero-order valence-electron chi connectivity index (χ0n) is 22.5. The second kappa shape index (κ2) is 11.2. The molecule has 6 rings (SSSR count). The second-order valence-electron chi connectivity index (χ2n) is 10.1. The zero-order valence-corrected chi connectivity index (χ0v) is 22.5. The molecule has 1 aromatic carbocycles. The number of carbonyl (C=O) groups excluding carboxylic acids is 2. The Hall–Kier alpha value is -5.12. The molecule has 0 radical (unpaired) electrons. The fourth-order valence-electron chi connectivity index (χ4n) is 5.31. The molecule has 206 valence electrons. The van der Waals surface area contributed by atoms with Gasteiger partial charge in [-0.2, -0.15) is 0 Å². The van der Waals surface area contributed by atoms with Crippen molar-refractivity contribution < 1.29 is 14.3 Å². The Morgan fingerprint density at radius 2 is 1.73 bits per heavy atom. The number of imidazole rings is 1. The summed E-state index contributed by atoms with van der Waals surface area (Å²) in [7, 11) is 1.41. The number of carbonyl (C=O) groups is 2. The van der Waals surface area contributed by atoms with Gasteiger partial charge in [-0.15, -0.1) is 0 Å². The third-order valence-corrected chi connectivity index (χ3v) is 7.49. The van der Waals surface area contributed by atoms with Crippen molar-refractivity contribution in [2.75, 3.05) is 12.8 Å². The van der Waals surface area contributed by atoms with Gasteiger partial charge >= 0.3 is 5.97 Å². The van der Waals surface area contributed by atoms with Crippen LogP contribution >= 0.6 is 0 Å². The molecule has 1 saturated carbocycles. The van der Waals surface area contributed by atoms with E-state index in [4.69, 9.17) is 20.4 Å². The SMILES string of the molecule is COC(=O)[C@H]1CC[C@H](NC(=O)c2ccc(-n3c(-c4cccnc4N)nc4ccc(-c5ccccc5)nc43)cn2)CC1. The molecule has 5 aromatic rings. The van der Waals surface area contributed by atoms with Gasteiger partial charge in [-0.3, -0.25) is 14.2 Å². The van der Waals surface area contributed by atoms with E-state index in [-0.39, 0.29) is 23.8 Å². The number of hydrogen-bond donors (Lipinski definition) is 2. The van der Waals surface area contributed by atoms with E-state index in [1.165, 1.54) is 7.11 Å². The minimum absolute atomic E-state index is 0.0109. The van der Waals surface area contributed by atoms with Crippen LogP contribution in [0, 0.1) is 5.92 Å². The van der Waals surface area contributed by atoms with Gasteiger partial charge in [-0.05, 0) is 62.1 Å². The van der Waals surface area contributed by atoms with Crippen LogP contribution in [0.4, 0.5) is 5.82 Å². The van der Waals surface area contributed by atoms with Crippen molar-refractivity contribution in [2.24, 2.45) is 5.92 Å². The number of rotatable bonds is 6. The van der Waals surface area contributed by atoms with Crippen molar-refractivity contribution in [3.8, 4) is 28.3 Å². The average molecular weight is 548 g/mol. The smallest absolute Gasteiger partial charge is 0.308 e. The number of methoxy groups -OCH3 is 1. The monoisotopic (exact) mass is 547 g/mol. The number of nitrogens with two attached hydrogens (primary N) is 1. The highest BCUT2D eigenvalue weighted by atomic mass is 16.5. The first-order chi connectivity index (χ1) is 20.0. The van der Waals surface area contributed by atoms with Crippen molar-refractivity contribution >= 4 is 28.9 Å². The largest absolute Gasteiger partial charge is 0.469 e. The number of amides is 1. The first kappa shape index (κ1) is 26.1. The highest BCUT2D eigenvalue weighted by Gasteiger charge is 2.28. The van der Waals surface area contributed by atoms with Crippen LogP contribution in [0.15, 0.2) is 79.1 Å². The number of anilines is 1. The number of ether oxygens (including phenoxy) is 1. The van der Waals surface area contributed by atoms with Crippen LogP contribution < -0.4 is 11.1 Å². The molecule has 0 unspecified atom stereocenters. The van der Waals surface area contributed by atoms with Gasteiger partial charge < -0.3 is 15.8 Å². The zero-order chi connectivity index (χ0) is 28.3. The first-order valence-electron chi connectivity index (χ1n) is 13.5. The number of fused-ring (bicyclic) bond motifs is 1. The maximum absolute atomic E-state index is 13.0. The highest BCUT2D eigenvalue weighted by molar-refractivity contribution is 5.92. The molecule has 3 N–H and O–H groups in total. The van der Waals surface area contributed by atoms with Gasteiger partial charge in [-0.25, -0.2) is 19.9 Å². The molecule has 0 atom stereocenters. The summed E-state index contributed by atoms with van der Waals surface area (Å²) in [4.78, 5) is 43.4. The first-order valence-corrected chi connectivity index (χ1v) is 13.5. The van der Waals surface area contributed by atoms with Gasteiger partial charge in [0.1, 0.15) is 17.0 Å². The number of nitrogen functional groups attached to an aromatic ring is 1. The molecular formula is C31H29N7O3. The summed E-state index contributed by atoms with van der Waals surface area (Å²) in [6, 6.07) is 21.0. The van der Waals surface area contributed by atoms with Crippen molar-refractivity contribution in [3.63, 3.8) is 0 Å². The lowest BCUT2D eigenvalue weighted by Crippen LogP contribution is -2.39. The van der Waals surface area contributed by atoms with Crippen molar-refractivity contribution in [3.05, 3.63) is 84.8 Å². The maximum atomic E-state index is 13.0. The minimum Gasteiger partial charge on any atom is -0.469 e. The van der Waals surface area contributed by atoms with Gasteiger partial charge in [0.2, 0.25) is 0 Å². The summed E-state index contributed by atoms with van der Waals surface area (Å²) in [5.74, 6) is 0.379. The average Bonchev–Trinajstić information content (AvgIpc) is 3.40. The third kappa shape index (κ3) is 5.23. The van der Waals surface area contributed by atoms with Crippen LogP contribution in [-0.4, -0.2) is 49.5 Å². The Morgan fingerprint density at radius 1 is 0.927 bits per heavy atom. The highest BCUT2D eigenvalue weighted by Crippen LogP contribution is 2.31. The number of nitrogens with one attached hydrogen (secondary N) is 1. The van der Waals surface area contributed by atoms with Crippen LogP contribution in [0.5, 0.6) is 0 Å². The molecule has 0 spiro atoms. The van der Waals surface area contributed by atoms with Crippen LogP contribution in [0.25, 0.3) is 39.5 Å². The number of benzene rings is 1. The van der Waals surface area contributed by atoms with Crippen LogP contribution in [0.1, 0.15) is 36.2 Å². The quantitative estimate of drug-likeness (QED) is 0.295. The molecular weight excluding hydrogens is 518 g/mol. The van der Waals surface area contributed by atoms with Crippen LogP contribution in [0.3, 0.4) is 0 Å². The Kier molecular flexibility index (Phi) is 7.11. The molecule has 1 aliphatic carbocycles. The maximum Gasteiger partial charge on any atom is 0.308 e. The van der Waals surface area contributed by atoms with Gasteiger partial charge in [-0.1, -0.05) is 30.3 Å². The fourth-order valence-corrected chi connectivity index (χ4v) is 5.31. The molecule has 1 amide bonds. The number of nitrogens with zero attached hydrogens (tertiary/aromatic N) is 5. The normalized spacial score (nSPS) is 16.8. The predicted molar refractivity (Wildman–Crippen MR) is 155 cm³/mol. The number of esters is 1. The Balaban J connectivity index is 1.32. The minimum atomic E-state index is -0.255. The van der Waals surface area contributed by atoms with E-state index in [2.05, 4.69) is 15.3 Å². The lowest BCUT2D eigenvalue weighted by Gasteiger charge is -2.27. The van der Waals surface area contributed by atoms with Gasteiger partial charge in [0.15, 0.2) is 11.5 Å². The van der Waals surface area contributed by atoms with Crippen molar-refractivity contribution in [1.82, 2.24) is 29.8 Å². The van der Waals surface area contributed by atoms with E-state index in [9.17, 15) is 9.59 Å². The van der Waals surface area contributed by atoms with E-state index in [1.807, 2.05) is 65.2 Å². The van der Waals surface area contributed by atoms with E-state index < -0.39 is 0 Å². The Labute approximate surface area is 236 Å². The summed E-state index contributed by atoms with van der Waals surface area (Å²) in [6.07, 6.45) is 6.09. The van der Waals surface area contributed by atoms with E-state index in [0.717, 1.165) is 24.1 Å². The standard InChI is InChI=1S/C31H29N7O3/c1-41-31(40)20-9-11-21(12-10-20)35-30(39)26-14-13-22(18-34-26)38-28(23-8-5-17-33-27(23)32)37-25-16-15-24(36-29(25)38)19-6-3-2-4-7-19/h2-8,13-18,20-21H,9-12H2,1H3,(H2,32,33)(H,35,39)/t20-,21-. The Bertz CT molecular complexity index is 1710. The van der Waals surface area contributed by atoms with Gasteiger partial charge in [0.25, 0.3) is 5.91 Å². The lowest BCUT2D eigenvalue weighted by atomic mass is 9.86. The molecule has 1 aliphatic rings. The molecule has 10 heteroatoms. The van der Waals surface area contributed by atoms with Crippen LogP contribution in [0.2, 0.25) is 0 Å². The van der Waals surface area contributed by atoms with Crippen LogP contribution in [-0.2, 0) is 9.53 Å². The molecule has 1 fully saturated rings. The van der Waals surface area contributed by atoms with Gasteiger partial charge in [0.05, 0.1) is 36.2 Å². The molecule has 4 aromatic heterocycles. The van der Waals surface area contributed by atoms with E-state index in [1.54, 1.807) is 18.5 Å². The Morgan fingerprint density at radius 3 is 2.44 bits per heavy atom. The summed E-state index contributed by atoms with van der Waals surface area (Å²) in [6.45, 7) is 0. The molecule has 4 heterocycles. The number of aromatic nitrogens is 5. The summed E-state index contributed by atoms with van der Waals surface area (Å²) in [5, 5.41) is 3.06. The topological polar surface area (TPSA) is 138 Å². The molecule has 0 aliphatic heterocycles. The number of pyridine rings is 3. The molecule has 10 nitrogen and oxygen atoms in total. The van der Waals surface area contributed by atoms with Crippen molar-refractivity contribution in [2.45, 2.75) is 31.7 Å². The lowest BCUT2D eigenvalue weighted by molar-refractivity contribution is -0.146. The molecule has 0 bridgehead atoms. The number of hydrogen-bond acceptors (Lipinski definition) is 8. The third-order valence-electron chi connectivity index (χ3n) is 7.49. The van der Waals surface area contributed by atoms with Crippen molar-refractivity contribution in [1.29, 1.82) is 0 Å². The fraction of sp³-hybridized carbons (Fsp3) is 0.226. The van der Waals surface area contributed by atoms with E-state index >= 15 is 0 Å².